The number of hydrogen-bond acceptors (Lipinski definition) is 5. The molecule has 162 valence electrons. The molecule has 1 fully saturated rings. The molecule has 0 saturated carbocycles. The molecule has 2 aliphatic rings. The van der Waals surface area contributed by atoms with Crippen molar-refractivity contribution in [2.24, 2.45) is 0 Å². The Bertz CT molecular complexity index is 1050. The van der Waals surface area contributed by atoms with Crippen molar-refractivity contribution in [2.45, 2.75) is 25.3 Å². The van der Waals surface area contributed by atoms with Crippen molar-refractivity contribution in [2.75, 3.05) is 32.2 Å². The molecule has 0 radical (unpaired) electrons. The Balaban J connectivity index is 1.57. The maximum atomic E-state index is 13.3. The van der Waals surface area contributed by atoms with E-state index in [0.717, 1.165) is 29.0 Å². The number of hydrogen-bond donors (Lipinski definition) is 1. The molecular formula is C23H25N3O5. The zero-order valence-electron chi connectivity index (χ0n) is 17.8. The first-order chi connectivity index (χ1) is 14.9. The molecular weight excluding hydrogens is 398 g/mol. The van der Waals surface area contributed by atoms with E-state index in [-0.39, 0.29) is 12.5 Å². The van der Waals surface area contributed by atoms with Gasteiger partial charge in [-0.1, -0.05) is 24.3 Å². The maximum absolute atomic E-state index is 13.3. The lowest BCUT2D eigenvalue weighted by Crippen LogP contribution is -2.46. The van der Waals surface area contributed by atoms with Gasteiger partial charge in [0.1, 0.15) is 12.1 Å². The predicted octanol–water partition coefficient (Wildman–Crippen LogP) is 2.45. The van der Waals surface area contributed by atoms with Crippen LogP contribution in [-0.2, 0) is 21.5 Å². The summed E-state index contributed by atoms with van der Waals surface area (Å²) in [6.07, 6.45) is 1.74. The molecule has 0 bridgehead atoms. The minimum absolute atomic E-state index is 0.285. The Labute approximate surface area is 180 Å². The van der Waals surface area contributed by atoms with Gasteiger partial charge < -0.3 is 19.7 Å². The summed E-state index contributed by atoms with van der Waals surface area (Å²) < 4.78 is 10.6. The monoisotopic (exact) mass is 423 g/mol. The number of anilines is 1. The quantitative estimate of drug-likeness (QED) is 0.747. The van der Waals surface area contributed by atoms with Gasteiger partial charge in [-0.3, -0.25) is 14.5 Å². The largest absolute Gasteiger partial charge is 0.493 e. The fourth-order valence-electron chi connectivity index (χ4n) is 4.20. The van der Waals surface area contributed by atoms with E-state index in [1.165, 1.54) is 14.2 Å². The first-order valence-corrected chi connectivity index (χ1v) is 10.1. The third-order valence-corrected chi connectivity index (χ3v) is 5.94. The van der Waals surface area contributed by atoms with Gasteiger partial charge in [-0.25, -0.2) is 4.79 Å². The predicted molar refractivity (Wildman–Crippen MR) is 114 cm³/mol. The van der Waals surface area contributed by atoms with E-state index in [1.54, 1.807) is 30.0 Å². The highest BCUT2D eigenvalue weighted by Gasteiger charge is 2.50. The Morgan fingerprint density at radius 3 is 2.58 bits per heavy atom. The molecule has 8 nitrogen and oxygen atoms in total. The van der Waals surface area contributed by atoms with Crippen molar-refractivity contribution in [3.8, 4) is 11.5 Å². The molecule has 4 rings (SSSR count). The summed E-state index contributed by atoms with van der Waals surface area (Å²) >= 11 is 0. The Morgan fingerprint density at radius 1 is 1.10 bits per heavy atom. The van der Waals surface area contributed by atoms with Gasteiger partial charge in [0, 0.05) is 12.2 Å². The molecule has 2 heterocycles. The van der Waals surface area contributed by atoms with Gasteiger partial charge in [0.05, 0.1) is 14.2 Å². The van der Waals surface area contributed by atoms with Gasteiger partial charge in [0.2, 0.25) is 5.91 Å². The maximum Gasteiger partial charge on any atom is 0.325 e. The van der Waals surface area contributed by atoms with Crippen molar-refractivity contribution < 1.29 is 23.9 Å². The lowest BCUT2D eigenvalue weighted by atomic mass is 9.91. The van der Waals surface area contributed by atoms with Crippen LogP contribution in [0.2, 0.25) is 0 Å². The van der Waals surface area contributed by atoms with Crippen LogP contribution in [0.15, 0.2) is 42.5 Å². The lowest BCUT2D eigenvalue weighted by molar-refractivity contribution is -0.134. The summed E-state index contributed by atoms with van der Waals surface area (Å²) in [5.74, 6) is 0.195. The first kappa shape index (κ1) is 20.7. The number of carbonyl (C=O) groups is 3. The summed E-state index contributed by atoms with van der Waals surface area (Å²) in [5.41, 5.74) is 1.17. The molecule has 1 unspecified atom stereocenters. The second-order valence-electron chi connectivity index (χ2n) is 7.79. The van der Waals surface area contributed by atoms with Crippen LogP contribution in [0.1, 0.15) is 24.5 Å². The van der Waals surface area contributed by atoms with Gasteiger partial charge in [-0.2, -0.15) is 0 Å². The molecule has 31 heavy (non-hydrogen) atoms. The first-order valence-electron chi connectivity index (χ1n) is 10.1. The minimum Gasteiger partial charge on any atom is -0.493 e. The number of benzene rings is 2. The fourth-order valence-corrected chi connectivity index (χ4v) is 4.20. The van der Waals surface area contributed by atoms with Gasteiger partial charge >= 0.3 is 6.03 Å². The van der Waals surface area contributed by atoms with Gasteiger partial charge in [0.25, 0.3) is 5.91 Å². The van der Waals surface area contributed by atoms with E-state index in [4.69, 9.17) is 9.47 Å². The molecule has 4 amide bonds. The van der Waals surface area contributed by atoms with E-state index < -0.39 is 17.5 Å². The van der Waals surface area contributed by atoms with E-state index in [0.29, 0.717) is 23.6 Å². The van der Waals surface area contributed by atoms with Crippen molar-refractivity contribution in [1.82, 2.24) is 10.2 Å². The van der Waals surface area contributed by atoms with Crippen LogP contribution >= 0.6 is 0 Å². The van der Waals surface area contributed by atoms with Crippen LogP contribution in [0.25, 0.3) is 0 Å². The highest BCUT2D eigenvalue weighted by Crippen LogP contribution is 2.35. The average molecular weight is 423 g/mol. The Hall–Kier alpha value is -3.55. The molecule has 0 aliphatic carbocycles. The molecule has 2 aromatic carbocycles. The van der Waals surface area contributed by atoms with Crippen LogP contribution in [-0.4, -0.2) is 50.1 Å². The molecule has 2 aromatic rings. The molecule has 0 aromatic heterocycles. The summed E-state index contributed by atoms with van der Waals surface area (Å²) in [6, 6.07) is 12.2. The third-order valence-electron chi connectivity index (χ3n) is 5.94. The normalized spacial score (nSPS) is 20.4. The molecule has 2 aliphatic heterocycles. The Kier molecular flexibility index (Phi) is 5.31. The average Bonchev–Trinajstić information content (AvgIpc) is 3.01. The summed E-state index contributed by atoms with van der Waals surface area (Å²) in [4.78, 5) is 41.6. The van der Waals surface area contributed by atoms with E-state index in [9.17, 15) is 14.4 Å². The second-order valence-corrected chi connectivity index (χ2v) is 7.79. The van der Waals surface area contributed by atoms with Gasteiger partial charge in [-0.05, 0) is 49.1 Å². The number of carbonyl (C=O) groups excluding carboxylic acids is 3. The summed E-state index contributed by atoms with van der Waals surface area (Å²) in [5, 5.41) is 2.73. The number of nitrogens with one attached hydrogen (secondary N) is 1. The lowest BCUT2D eigenvalue weighted by Gasteiger charge is -2.30. The number of para-hydroxylation sites is 1. The number of methoxy groups -OCH3 is 2. The summed E-state index contributed by atoms with van der Waals surface area (Å²) in [7, 11) is 3.02. The number of rotatable bonds is 5. The highest BCUT2D eigenvalue weighted by molar-refractivity contribution is 6.10. The smallest absolute Gasteiger partial charge is 0.325 e. The number of fused-ring (bicyclic) bond motifs is 1. The molecule has 1 N–H and O–H groups in total. The zero-order valence-corrected chi connectivity index (χ0v) is 17.8. The van der Waals surface area contributed by atoms with Crippen LogP contribution in [0.5, 0.6) is 11.5 Å². The van der Waals surface area contributed by atoms with Crippen molar-refractivity contribution in [3.05, 3.63) is 53.6 Å². The SMILES string of the molecule is COc1ccc(C2(C)NC(=O)N(CC(=O)N3CCCc4ccccc43)C2=O)cc1OC. The second kappa shape index (κ2) is 7.94. The van der Waals surface area contributed by atoms with Crippen LogP contribution in [0.4, 0.5) is 10.5 Å². The van der Waals surface area contributed by atoms with Crippen molar-refractivity contribution in [1.29, 1.82) is 0 Å². The van der Waals surface area contributed by atoms with Crippen molar-refractivity contribution >= 4 is 23.5 Å². The number of urea groups is 1. The number of nitrogens with zero attached hydrogens (tertiary/aromatic N) is 2. The van der Waals surface area contributed by atoms with Crippen LogP contribution in [0.3, 0.4) is 0 Å². The van der Waals surface area contributed by atoms with Gasteiger partial charge in [0.15, 0.2) is 11.5 Å². The molecule has 0 spiro atoms. The van der Waals surface area contributed by atoms with Gasteiger partial charge in [-0.15, -0.1) is 0 Å². The van der Waals surface area contributed by atoms with E-state index >= 15 is 0 Å². The Morgan fingerprint density at radius 2 is 1.84 bits per heavy atom. The number of imide groups is 1. The molecule has 1 saturated heterocycles. The van der Waals surface area contributed by atoms with E-state index in [2.05, 4.69) is 5.32 Å². The highest BCUT2D eigenvalue weighted by atomic mass is 16.5. The number of ether oxygens (including phenoxy) is 2. The topological polar surface area (TPSA) is 88.2 Å². The molecule has 8 heteroatoms. The van der Waals surface area contributed by atoms with E-state index in [1.807, 2.05) is 24.3 Å². The summed E-state index contributed by atoms with van der Waals surface area (Å²) in [6.45, 7) is 1.86. The number of amides is 4. The van der Waals surface area contributed by atoms with Crippen molar-refractivity contribution in [3.63, 3.8) is 0 Å². The molecule has 1 atom stereocenters. The number of aryl methyl sites for hydroxylation is 1. The third kappa shape index (κ3) is 3.48. The minimum atomic E-state index is -1.31. The van der Waals surface area contributed by atoms with Crippen LogP contribution in [0, 0.1) is 0 Å². The zero-order chi connectivity index (χ0) is 22.2. The fraction of sp³-hybridized carbons (Fsp3) is 0.348. The standard InChI is InChI=1S/C23H25N3O5/c1-23(16-10-11-18(30-2)19(13-16)31-3)21(28)26(22(29)24-23)14-20(27)25-12-6-8-15-7-4-5-9-17(15)25/h4-5,7,9-11,13H,6,8,12,14H2,1-3H3,(H,24,29). The van der Waals surface area contributed by atoms with Crippen LogP contribution < -0.4 is 19.7 Å².